The minimum absolute atomic E-state index is 0.0234. The predicted molar refractivity (Wildman–Crippen MR) is 113 cm³/mol. The second kappa shape index (κ2) is 8.53. The summed E-state index contributed by atoms with van der Waals surface area (Å²) in [5, 5.41) is 1.18. The Morgan fingerprint density at radius 2 is 1.50 bits per heavy atom. The fourth-order valence-corrected chi connectivity index (χ4v) is 4.33. The molecule has 0 N–H and O–H groups in total. The summed E-state index contributed by atoms with van der Waals surface area (Å²) in [6, 6.07) is 5.44. The van der Waals surface area contributed by atoms with Gasteiger partial charge in [-0.3, -0.25) is 4.79 Å². The van der Waals surface area contributed by atoms with Gasteiger partial charge in [-0.25, -0.2) is 9.97 Å². The quantitative estimate of drug-likeness (QED) is 0.758. The van der Waals surface area contributed by atoms with Crippen molar-refractivity contribution in [3.8, 4) is 0 Å². The highest BCUT2D eigenvalue weighted by atomic mass is 35.5. The van der Waals surface area contributed by atoms with Crippen molar-refractivity contribution in [2.75, 3.05) is 49.1 Å². The van der Waals surface area contributed by atoms with E-state index in [9.17, 15) is 4.79 Å². The largest absolute Gasteiger partial charge is 0.352 e. The van der Waals surface area contributed by atoms with Gasteiger partial charge in [-0.05, 0) is 37.5 Å². The summed E-state index contributed by atoms with van der Waals surface area (Å²) in [6.07, 6.45) is 6.73. The van der Waals surface area contributed by atoms with Crippen molar-refractivity contribution in [3.05, 3.63) is 46.2 Å². The van der Waals surface area contributed by atoms with Gasteiger partial charge in [0.15, 0.2) is 0 Å². The molecule has 0 unspecified atom stereocenters. The zero-order valence-electron chi connectivity index (χ0n) is 15.7. The molecule has 2 aliphatic rings. The van der Waals surface area contributed by atoms with E-state index in [1.165, 1.54) is 6.42 Å². The lowest BCUT2D eigenvalue weighted by Crippen LogP contribution is -2.47. The molecule has 0 aromatic carbocycles. The summed E-state index contributed by atoms with van der Waals surface area (Å²) in [7, 11) is 0. The first-order chi connectivity index (χ1) is 13.6. The average molecular weight is 420 g/mol. The van der Waals surface area contributed by atoms with Crippen LogP contribution in [0, 0.1) is 0 Å². The lowest BCUT2D eigenvalue weighted by molar-refractivity contribution is 0.0724. The lowest BCUT2D eigenvalue weighted by Gasteiger charge is -2.36. The Hall–Kier alpha value is -2.05. The molecule has 2 fully saturated rings. The van der Waals surface area contributed by atoms with Gasteiger partial charge in [0.25, 0.3) is 5.91 Å². The van der Waals surface area contributed by atoms with E-state index >= 15 is 0 Å². The lowest BCUT2D eigenvalue weighted by atomic mass is 10.1. The molecule has 28 heavy (non-hydrogen) atoms. The van der Waals surface area contributed by atoms with Gasteiger partial charge < -0.3 is 14.7 Å². The molecule has 0 bridgehead atoms. The van der Waals surface area contributed by atoms with E-state index in [-0.39, 0.29) is 5.91 Å². The van der Waals surface area contributed by atoms with Crippen molar-refractivity contribution < 1.29 is 4.79 Å². The average Bonchev–Trinajstić information content (AvgIpc) is 2.74. The van der Waals surface area contributed by atoms with Crippen molar-refractivity contribution in [1.29, 1.82) is 0 Å². The van der Waals surface area contributed by atoms with Crippen molar-refractivity contribution >= 4 is 40.7 Å². The molecular formula is C20H23Cl2N5O. The first-order valence-corrected chi connectivity index (χ1v) is 10.4. The van der Waals surface area contributed by atoms with Crippen LogP contribution in [-0.4, -0.2) is 60.0 Å². The molecule has 0 atom stereocenters. The summed E-state index contributed by atoms with van der Waals surface area (Å²) < 4.78 is 0. The topological polar surface area (TPSA) is 52.6 Å². The van der Waals surface area contributed by atoms with E-state index < -0.39 is 0 Å². The maximum atomic E-state index is 12.7. The summed E-state index contributed by atoms with van der Waals surface area (Å²) in [4.78, 5) is 27.8. The van der Waals surface area contributed by atoms with Crippen LogP contribution in [-0.2, 0) is 0 Å². The molecule has 148 valence electrons. The third kappa shape index (κ3) is 4.03. The fraction of sp³-hybridized carbons (Fsp3) is 0.450. The van der Waals surface area contributed by atoms with Crippen molar-refractivity contribution in [3.63, 3.8) is 0 Å². The van der Waals surface area contributed by atoms with Gasteiger partial charge >= 0.3 is 0 Å². The molecule has 0 radical (unpaired) electrons. The number of rotatable bonds is 3. The zero-order chi connectivity index (χ0) is 19.5. The highest BCUT2D eigenvalue weighted by Gasteiger charge is 2.24. The fourth-order valence-electron chi connectivity index (χ4n) is 3.80. The Balaban J connectivity index is 1.43. The van der Waals surface area contributed by atoms with Crippen LogP contribution in [0.5, 0.6) is 0 Å². The third-order valence-corrected chi connectivity index (χ3v) is 5.90. The highest BCUT2D eigenvalue weighted by Crippen LogP contribution is 2.28. The number of hydrogen-bond acceptors (Lipinski definition) is 5. The minimum atomic E-state index is 0.0234. The molecule has 0 aliphatic carbocycles. The number of pyridine rings is 2. The van der Waals surface area contributed by atoms with Crippen LogP contribution < -0.4 is 9.80 Å². The van der Waals surface area contributed by atoms with E-state index in [1.807, 2.05) is 17.0 Å². The number of likely N-dealkylation sites (tertiary alicyclic amines) is 1. The molecule has 2 saturated heterocycles. The number of anilines is 2. The van der Waals surface area contributed by atoms with Crippen LogP contribution in [0.1, 0.15) is 29.6 Å². The van der Waals surface area contributed by atoms with Gasteiger partial charge in [0.1, 0.15) is 11.6 Å². The number of piperazine rings is 1. The van der Waals surface area contributed by atoms with Crippen molar-refractivity contribution in [2.45, 2.75) is 19.3 Å². The van der Waals surface area contributed by atoms with Crippen LogP contribution in [0.4, 0.5) is 11.6 Å². The molecule has 2 aromatic heterocycles. The molecule has 1 amide bonds. The number of carbonyl (C=O) groups excluding carboxylic acids is 1. The number of carbonyl (C=O) groups is 1. The second-order valence-corrected chi connectivity index (χ2v) is 7.98. The standard InChI is InChI=1S/C20H23Cl2N5O/c21-16-5-4-6-23-18(16)25-9-11-26(12-10-25)19-17(22)13-15(14-24-19)20(28)27-7-2-1-3-8-27/h4-6,13-14H,1-3,7-12H2. The van der Waals surface area contributed by atoms with Crippen molar-refractivity contribution in [1.82, 2.24) is 14.9 Å². The van der Waals surface area contributed by atoms with Crippen LogP contribution in [0.25, 0.3) is 0 Å². The third-order valence-electron chi connectivity index (χ3n) is 5.33. The Bertz CT molecular complexity index is 848. The van der Waals surface area contributed by atoms with E-state index in [2.05, 4.69) is 19.8 Å². The Morgan fingerprint density at radius 1 is 0.857 bits per heavy atom. The summed E-state index contributed by atoms with van der Waals surface area (Å²) in [5.74, 6) is 1.56. The van der Waals surface area contributed by atoms with Crippen LogP contribution >= 0.6 is 23.2 Å². The minimum Gasteiger partial charge on any atom is -0.352 e. The number of piperidine rings is 1. The van der Waals surface area contributed by atoms with Gasteiger partial charge in [-0.15, -0.1) is 0 Å². The normalized spacial score (nSPS) is 17.7. The molecule has 0 saturated carbocycles. The van der Waals surface area contributed by atoms with Crippen LogP contribution in [0.2, 0.25) is 10.0 Å². The molecular weight excluding hydrogens is 397 g/mol. The van der Waals surface area contributed by atoms with Gasteiger partial charge in [-0.2, -0.15) is 0 Å². The molecule has 4 heterocycles. The summed E-state index contributed by atoms with van der Waals surface area (Å²) in [6.45, 7) is 4.72. The molecule has 8 heteroatoms. The smallest absolute Gasteiger partial charge is 0.255 e. The van der Waals surface area contributed by atoms with Gasteiger partial charge in [0.2, 0.25) is 0 Å². The van der Waals surface area contributed by atoms with Crippen LogP contribution in [0.15, 0.2) is 30.6 Å². The first-order valence-electron chi connectivity index (χ1n) is 9.69. The Labute approximate surface area is 175 Å². The molecule has 0 spiro atoms. The SMILES string of the molecule is O=C(c1cnc(N2CCN(c3ncccc3Cl)CC2)c(Cl)c1)N1CCCCC1. The highest BCUT2D eigenvalue weighted by molar-refractivity contribution is 6.33. The maximum absolute atomic E-state index is 12.7. The van der Waals surface area contributed by atoms with Crippen LogP contribution in [0.3, 0.4) is 0 Å². The monoisotopic (exact) mass is 419 g/mol. The van der Waals surface area contributed by atoms with Gasteiger partial charge in [0, 0.05) is 51.7 Å². The molecule has 4 rings (SSSR count). The van der Waals surface area contributed by atoms with Gasteiger partial charge in [-0.1, -0.05) is 23.2 Å². The van der Waals surface area contributed by atoms with E-state index in [0.29, 0.717) is 15.6 Å². The number of nitrogens with zero attached hydrogens (tertiary/aromatic N) is 5. The predicted octanol–water partition coefficient (Wildman–Crippen LogP) is 3.74. The number of amides is 1. The van der Waals surface area contributed by atoms with Gasteiger partial charge in [0.05, 0.1) is 15.6 Å². The number of aromatic nitrogens is 2. The maximum Gasteiger partial charge on any atom is 0.255 e. The first kappa shape index (κ1) is 19.3. The zero-order valence-corrected chi connectivity index (χ0v) is 17.2. The Morgan fingerprint density at radius 3 is 2.11 bits per heavy atom. The van der Waals surface area contributed by atoms with Crippen molar-refractivity contribution in [2.24, 2.45) is 0 Å². The molecule has 2 aliphatic heterocycles. The Kier molecular flexibility index (Phi) is 5.87. The number of hydrogen-bond donors (Lipinski definition) is 0. The summed E-state index contributed by atoms with van der Waals surface area (Å²) >= 11 is 12.8. The second-order valence-electron chi connectivity index (χ2n) is 7.17. The molecule has 2 aromatic rings. The van der Waals surface area contributed by atoms with E-state index in [4.69, 9.17) is 23.2 Å². The van der Waals surface area contributed by atoms with E-state index in [0.717, 1.165) is 63.7 Å². The number of halogens is 2. The van der Waals surface area contributed by atoms with E-state index in [1.54, 1.807) is 18.5 Å². The summed E-state index contributed by atoms with van der Waals surface area (Å²) in [5.41, 5.74) is 0.564. The molecule has 6 nitrogen and oxygen atoms in total.